The lowest BCUT2D eigenvalue weighted by Crippen LogP contribution is -2.29. The van der Waals surface area contributed by atoms with Gasteiger partial charge in [0.25, 0.3) is 0 Å². The number of rotatable bonds is 3. The van der Waals surface area contributed by atoms with Gasteiger partial charge in [0, 0.05) is 17.5 Å². The van der Waals surface area contributed by atoms with Crippen LogP contribution >= 0.6 is 0 Å². The van der Waals surface area contributed by atoms with Gasteiger partial charge in [-0.3, -0.25) is 9.59 Å². The molecule has 1 aliphatic heterocycles. The van der Waals surface area contributed by atoms with Gasteiger partial charge in [0.15, 0.2) is 0 Å². The molecule has 1 atom stereocenters. The number of ether oxygens (including phenoxy) is 1. The van der Waals surface area contributed by atoms with Gasteiger partial charge in [0.2, 0.25) is 11.8 Å². The Balaban J connectivity index is 1.47. The highest BCUT2D eigenvalue weighted by atomic mass is 16.5. The summed E-state index contributed by atoms with van der Waals surface area (Å²) in [4.78, 5) is 24.9. The largest absolute Gasteiger partial charge is 0.491 e. The Labute approximate surface area is 151 Å². The fourth-order valence-corrected chi connectivity index (χ4v) is 3.11. The zero-order valence-electron chi connectivity index (χ0n) is 14.1. The van der Waals surface area contributed by atoms with Crippen molar-refractivity contribution in [1.82, 2.24) is 0 Å². The first-order valence-corrected chi connectivity index (χ1v) is 8.51. The second-order valence-electron chi connectivity index (χ2n) is 6.27. The van der Waals surface area contributed by atoms with Crippen LogP contribution in [0.25, 0.3) is 10.8 Å². The Kier molecular flexibility index (Phi) is 4.27. The van der Waals surface area contributed by atoms with E-state index in [2.05, 4.69) is 10.6 Å². The summed E-state index contributed by atoms with van der Waals surface area (Å²) >= 11 is 0. The van der Waals surface area contributed by atoms with Crippen molar-refractivity contribution in [2.45, 2.75) is 6.42 Å². The van der Waals surface area contributed by atoms with Crippen LogP contribution in [0.1, 0.15) is 6.42 Å². The second-order valence-corrected chi connectivity index (χ2v) is 6.27. The van der Waals surface area contributed by atoms with Crippen LogP contribution in [0.15, 0.2) is 66.7 Å². The van der Waals surface area contributed by atoms with E-state index >= 15 is 0 Å². The van der Waals surface area contributed by atoms with Gasteiger partial charge in [-0.25, -0.2) is 0 Å². The molecule has 2 N–H and O–H groups in total. The van der Waals surface area contributed by atoms with Crippen LogP contribution in [-0.4, -0.2) is 18.4 Å². The maximum absolute atomic E-state index is 12.5. The normalized spacial score (nSPS) is 16.2. The predicted octanol–water partition coefficient (Wildman–Crippen LogP) is 3.82. The molecule has 3 aromatic rings. The summed E-state index contributed by atoms with van der Waals surface area (Å²) in [6.45, 7) is 0.172. The van der Waals surface area contributed by atoms with Crippen LogP contribution in [0, 0.1) is 5.92 Å². The quantitative estimate of drug-likeness (QED) is 0.758. The van der Waals surface area contributed by atoms with Crippen molar-refractivity contribution in [3.05, 3.63) is 66.7 Å². The minimum Gasteiger partial charge on any atom is -0.491 e. The maximum atomic E-state index is 12.5. The van der Waals surface area contributed by atoms with Crippen molar-refractivity contribution >= 4 is 34.0 Å². The lowest BCUT2D eigenvalue weighted by Gasteiger charge is -2.13. The number of amides is 2. The van der Waals surface area contributed by atoms with Crippen molar-refractivity contribution < 1.29 is 14.3 Å². The SMILES string of the molecule is O=C(CC1COc2ccccc2NC1=O)Nc1cccc2ccccc12. The minimum absolute atomic E-state index is 0.0586. The first-order chi connectivity index (χ1) is 12.7. The van der Waals surface area contributed by atoms with E-state index in [-0.39, 0.29) is 24.8 Å². The number of fused-ring (bicyclic) bond motifs is 2. The summed E-state index contributed by atoms with van der Waals surface area (Å²) in [5.41, 5.74) is 1.38. The van der Waals surface area contributed by atoms with Crippen LogP contribution in [0.4, 0.5) is 11.4 Å². The summed E-state index contributed by atoms with van der Waals surface area (Å²) in [5.74, 6) is -0.339. The maximum Gasteiger partial charge on any atom is 0.231 e. The van der Waals surface area contributed by atoms with E-state index < -0.39 is 5.92 Å². The van der Waals surface area contributed by atoms with Gasteiger partial charge in [-0.05, 0) is 23.6 Å². The van der Waals surface area contributed by atoms with Crippen LogP contribution in [0.5, 0.6) is 5.75 Å². The Morgan fingerprint density at radius 2 is 1.81 bits per heavy atom. The van der Waals surface area contributed by atoms with Crippen molar-refractivity contribution in [3.8, 4) is 5.75 Å². The number of benzene rings is 3. The Morgan fingerprint density at radius 3 is 2.73 bits per heavy atom. The second kappa shape index (κ2) is 6.88. The Bertz CT molecular complexity index is 978. The fraction of sp³-hybridized carbons (Fsp3) is 0.143. The molecular formula is C21H18N2O3. The molecule has 0 aromatic heterocycles. The molecule has 0 aliphatic carbocycles. The molecule has 26 heavy (non-hydrogen) atoms. The van der Waals surface area contributed by atoms with E-state index in [1.54, 1.807) is 12.1 Å². The van der Waals surface area contributed by atoms with E-state index in [9.17, 15) is 9.59 Å². The monoisotopic (exact) mass is 346 g/mol. The Hall–Kier alpha value is -3.34. The molecule has 0 saturated heterocycles. The summed E-state index contributed by atoms with van der Waals surface area (Å²) in [7, 11) is 0. The van der Waals surface area contributed by atoms with Crippen molar-refractivity contribution in [3.63, 3.8) is 0 Å². The summed E-state index contributed by atoms with van der Waals surface area (Å²) in [6.07, 6.45) is 0.0586. The third-order valence-electron chi connectivity index (χ3n) is 4.45. The highest BCUT2D eigenvalue weighted by Crippen LogP contribution is 2.29. The molecule has 0 bridgehead atoms. The van der Waals surface area contributed by atoms with Crippen LogP contribution in [0.3, 0.4) is 0 Å². The lowest BCUT2D eigenvalue weighted by molar-refractivity contribution is -0.125. The van der Waals surface area contributed by atoms with E-state index in [1.165, 1.54) is 0 Å². The molecule has 3 aromatic carbocycles. The molecule has 0 saturated carbocycles. The van der Waals surface area contributed by atoms with Crippen LogP contribution in [0.2, 0.25) is 0 Å². The van der Waals surface area contributed by atoms with E-state index in [0.29, 0.717) is 11.4 Å². The molecule has 0 radical (unpaired) electrons. The van der Waals surface area contributed by atoms with E-state index in [0.717, 1.165) is 16.5 Å². The molecule has 2 amide bonds. The zero-order valence-corrected chi connectivity index (χ0v) is 14.1. The number of anilines is 2. The van der Waals surface area contributed by atoms with Gasteiger partial charge in [0.05, 0.1) is 11.6 Å². The van der Waals surface area contributed by atoms with Crippen molar-refractivity contribution in [2.75, 3.05) is 17.2 Å². The third-order valence-corrected chi connectivity index (χ3v) is 4.45. The third kappa shape index (κ3) is 3.24. The van der Waals surface area contributed by atoms with Gasteiger partial charge in [-0.15, -0.1) is 0 Å². The molecule has 4 rings (SSSR count). The van der Waals surface area contributed by atoms with Crippen molar-refractivity contribution in [2.24, 2.45) is 5.92 Å². The molecule has 1 heterocycles. The topological polar surface area (TPSA) is 67.4 Å². The van der Waals surface area contributed by atoms with Gasteiger partial charge < -0.3 is 15.4 Å². The highest BCUT2D eigenvalue weighted by Gasteiger charge is 2.27. The number of carbonyl (C=O) groups excluding carboxylic acids is 2. The van der Waals surface area contributed by atoms with Crippen molar-refractivity contribution in [1.29, 1.82) is 0 Å². The van der Waals surface area contributed by atoms with E-state index in [4.69, 9.17) is 4.74 Å². The summed E-state index contributed by atoms with van der Waals surface area (Å²) in [6, 6.07) is 20.9. The molecule has 1 unspecified atom stereocenters. The van der Waals surface area contributed by atoms with E-state index in [1.807, 2.05) is 54.6 Å². The first kappa shape index (κ1) is 16.1. The molecule has 0 spiro atoms. The minimum atomic E-state index is -0.544. The highest BCUT2D eigenvalue weighted by molar-refractivity contribution is 6.04. The molecule has 1 aliphatic rings. The lowest BCUT2D eigenvalue weighted by atomic mass is 10.0. The average Bonchev–Trinajstić information content (AvgIpc) is 2.81. The molecular weight excluding hydrogens is 328 g/mol. The number of para-hydroxylation sites is 2. The van der Waals surface area contributed by atoms with Crippen LogP contribution in [-0.2, 0) is 9.59 Å². The fourth-order valence-electron chi connectivity index (χ4n) is 3.11. The number of nitrogens with one attached hydrogen (secondary N) is 2. The van der Waals surface area contributed by atoms with Gasteiger partial charge >= 0.3 is 0 Å². The van der Waals surface area contributed by atoms with Gasteiger partial charge in [-0.1, -0.05) is 48.5 Å². The first-order valence-electron chi connectivity index (χ1n) is 8.51. The van der Waals surface area contributed by atoms with Gasteiger partial charge in [0.1, 0.15) is 12.4 Å². The molecule has 130 valence electrons. The number of carbonyl (C=O) groups is 2. The summed E-state index contributed by atoms with van der Waals surface area (Å²) in [5, 5.41) is 7.77. The smallest absolute Gasteiger partial charge is 0.231 e. The van der Waals surface area contributed by atoms with Gasteiger partial charge in [-0.2, -0.15) is 0 Å². The van der Waals surface area contributed by atoms with Crippen LogP contribution < -0.4 is 15.4 Å². The molecule has 0 fully saturated rings. The number of hydrogen-bond donors (Lipinski definition) is 2. The Morgan fingerprint density at radius 1 is 1.04 bits per heavy atom. The number of hydrogen-bond acceptors (Lipinski definition) is 3. The average molecular weight is 346 g/mol. The zero-order chi connectivity index (χ0) is 17.9. The predicted molar refractivity (Wildman–Crippen MR) is 101 cm³/mol. The standard InChI is InChI=1S/C21H18N2O3/c24-20(22-17-10-5-7-14-6-1-2-8-16(14)17)12-15-13-26-19-11-4-3-9-18(19)23-21(15)25/h1-11,15H,12-13H2,(H,22,24)(H,23,25). The molecule has 5 nitrogen and oxygen atoms in total. The molecule has 5 heteroatoms. The summed E-state index contributed by atoms with van der Waals surface area (Å²) < 4.78 is 5.69.